The first-order valence-electron chi connectivity index (χ1n) is 5.94. The van der Waals surface area contributed by atoms with Crippen LogP contribution in [-0.4, -0.2) is 24.4 Å². The standard InChI is InChI=1S/C13H15BrClNO2/c1-2-18-12-4-3-10(15)6-11(12)16-8-9(7-14)5-13(16)17/h3-4,6,9H,2,5,7-8H2,1H3. The molecule has 1 fully saturated rings. The zero-order valence-corrected chi connectivity index (χ0v) is 12.5. The minimum atomic E-state index is 0.127. The first-order chi connectivity index (χ1) is 8.65. The number of anilines is 1. The first kappa shape index (κ1) is 13.7. The Kier molecular flexibility index (Phi) is 4.51. The van der Waals surface area contributed by atoms with Gasteiger partial charge in [-0.3, -0.25) is 4.79 Å². The van der Waals surface area contributed by atoms with Crippen molar-refractivity contribution in [1.82, 2.24) is 0 Å². The molecule has 5 heteroatoms. The Bertz CT molecular complexity index is 453. The van der Waals surface area contributed by atoms with Gasteiger partial charge in [-0.15, -0.1) is 0 Å². The van der Waals surface area contributed by atoms with E-state index in [1.807, 2.05) is 13.0 Å². The Balaban J connectivity index is 2.31. The van der Waals surface area contributed by atoms with E-state index in [0.29, 0.717) is 36.3 Å². The van der Waals surface area contributed by atoms with Gasteiger partial charge < -0.3 is 9.64 Å². The van der Waals surface area contributed by atoms with E-state index < -0.39 is 0 Å². The molecule has 0 saturated carbocycles. The highest BCUT2D eigenvalue weighted by atomic mass is 79.9. The van der Waals surface area contributed by atoms with E-state index in [0.717, 1.165) is 11.0 Å². The molecule has 1 atom stereocenters. The number of amides is 1. The lowest BCUT2D eigenvalue weighted by Gasteiger charge is -2.20. The fourth-order valence-corrected chi connectivity index (χ4v) is 2.70. The summed E-state index contributed by atoms with van der Waals surface area (Å²) in [6, 6.07) is 5.38. The van der Waals surface area contributed by atoms with Gasteiger partial charge in [0.25, 0.3) is 0 Å². The molecule has 0 spiro atoms. The summed E-state index contributed by atoms with van der Waals surface area (Å²) >= 11 is 9.44. The summed E-state index contributed by atoms with van der Waals surface area (Å²) in [7, 11) is 0. The lowest BCUT2D eigenvalue weighted by Crippen LogP contribution is -2.25. The van der Waals surface area contributed by atoms with E-state index in [-0.39, 0.29) is 5.91 Å². The van der Waals surface area contributed by atoms with E-state index in [9.17, 15) is 4.79 Å². The van der Waals surface area contributed by atoms with E-state index in [4.69, 9.17) is 16.3 Å². The van der Waals surface area contributed by atoms with Crippen LogP contribution in [0.1, 0.15) is 13.3 Å². The number of nitrogens with zero attached hydrogens (tertiary/aromatic N) is 1. The van der Waals surface area contributed by atoms with Crippen LogP contribution < -0.4 is 9.64 Å². The average molecular weight is 333 g/mol. The molecular weight excluding hydrogens is 318 g/mol. The number of hydrogen-bond donors (Lipinski definition) is 0. The molecule has 3 nitrogen and oxygen atoms in total. The third-order valence-corrected chi connectivity index (χ3v) is 4.09. The van der Waals surface area contributed by atoms with Crippen LogP contribution in [0.3, 0.4) is 0 Å². The van der Waals surface area contributed by atoms with Crippen molar-refractivity contribution in [2.45, 2.75) is 13.3 Å². The quantitative estimate of drug-likeness (QED) is 0.790. The summed E-state index contributed by atoms with van der Waals surface area (Å²) in [5.41, 5.74) is 0.776. The highest BCUT2D eigenvalue weighted by Gasteiger charge is 2.31. The van der Waals surface area contributed by atoms with Gasteiger partial charge >= 0.3 is 0 Å². The highest BCUT2D eigenvalue weighted by molar-refractivity contribution is 9.09. The van der Waals surface area contributed by atoms with Gasteiger partial charge in [-0.2, -0.15) is 0 Å². The van der Waals surface area contributed by atoms with Crippen LogP contribution in [0, 0.1) is 5.92 Å². The molecule has 1 saturated heterocycles. The van der Waals surface area contributed by atoms with Crippen LogP contribution in [0.2, 0.25) is 5.02 Å². The van der Waals surface area contributed by atoms with E-state index in [2.05, 4.69) is 15.9 Å². The normalized spacial score (nSPS) is 19.4. The predicted octanol–water partition coefficient (Wildman–Crippen LogP) is 3.49. The number of ether oxygens (including phenoxy) is 1. The average Bonchev–Trinajstić information content (AvgIpc) is 2.73. The third-order valence-electron chi connectivity index (χ3n) is 2.93. The van der Waals surface area contributed by atoms with Crippen LogP contribution in [0.15, 0.2) is 18.2 Å². The lowest BCUT2D eigenvalue weighted by atomic mass is 10.2. The second-order valence-corrected chi connectivity index (χ2v) is 5.36. The van der Waals surface area contributed by atoms with Crippen LogP contribution in [0.25, 0.3) is 0 Å². The largest absolute Gasteiger partial charge is 0.492 e. The van der Waals surface area contributed by atoms with Gasteiger partial charge in [0, 0.05) is 23.3 Å². The third kappa shape index (κ3) is 2.81. The van der Waals surface area contributed by atoms with Crippen molar-refractivity contribution in [3.8, 4) is 5.75 Å². The van der Waals surface area contributed by atoms with E-state index in [1.165, 1.54) is 0 Å². The monoisotopic (exact) mass is 331 g/mol. The molecule has 0 N–H and O–H groups in total. The Morgan fingerprint density at radius 3 is 2.94 bits per heavy atom. The second-order valence-electron chi connectivity index (χ2n) is 4.27. The number of carbonyl (C=O) groups excluding carboxylic acids is 1. The molecule has 0 aromatic heterocycles. The molecule has 0 bridgehead atoms. The smallest absolute Gasteiger partial charge is 0.227 e. The molecule has 0 radical (unpaired) electrons. The minimum absolute atomic E-state index is 0.127. The Morgan fingerprint density at radius 1 is 1.56 bits per heavy atom. The Morgan fingerprint density at radius 2 is 2.33 bits per heavy atom. The second kappa shape index (κ2) is 5.93. The van der Waals surface area contributed by atoms with Crippen molar-refractivity contribution in [2.75, 3.05) is 23.4 Å². The van der Waals surface area contributed by atoms with Crippen LogP contribution in [0.5, 0.6) is 5.75 Å². The van der Waals surface area contributed by atoms with Crippen molar-refractivity contribution < 1.29 is 9.53 Å². The summed E-state index contributed by atoms with van der Waals surface area (Å²) < 4.78 is 5.56. The van der Waals surface area contributed by atoms with Crippen LogP contribution in [0.4, 0.5) is 5.69 Å². The number of halogens is 2. The molecule has 1 amide bonds. The van der Waals surface area contributed by atoms with Gasteiger partial charge in [-0.1, -0.05) is 27.5 Å². The molecule has 1 aromatic rings. The van der Waals surface area contributed by atoms with E-state index >= 15 is 0 Å². The molecule has 1 aliphatic rings. The van der Waals surface area contributed by atoms with Gasteiger partial charge in [-0.05, 0) is 31.0 Å². The molecule has 2 rings (SSSR count). The summed E-state index contributed by atoms with van der Waals surface area (Å²) in [5.74, 6) is 1.19. The maximum atomic E-state index is 12.0. The topological polar surface area (TPSA) is 29.5 Å². The summed E-state index contributed by atoms with van der Waals surface area (Å²) in [4.78, 5) is 13.8. The highest BCUT2D eigenvalue weighted by Crippen LogP contribution is 2.35. The van der Waals surface area contributed by atoms with Gasteiger partial charge in [0.05, 0.1) is 12.3 Å². The number of hydrogen-bond acceptors (Lipinski definition) is 2. The van der Waals surface area contributed by atoms with Crippen LogP contribution >= 0.6 is 27.5 Å². The van der Waals surface area contributed by atoms with Gasteiger partial charge in [0.1, 0.15) is 5.75 Å². The maximum absolute atomic E-state index is 12.0. The fourth-order valence-electron chi connectivity index (χ4n) is 2.10. The summed E-state index contributed by atoms with van der Waals surface area (Å²) in [6.45, 7) is 3.20. The van der Waals surface area contributed by atoms with Crippen molar-refractivity contribution in [3.05, 3.63) is 23.2 Å². The first-order valence-corrected chi connectivity index (χ1v) is 7.44. The molecule has 1 heterocycles. The number of alkyl halides is 1. The zero-order chi connectivity index (χ0) is 13.1. The SMILES string of the molecule is CCOc1ccc(Cl)cc1N1CC(CBr)CC1=O. The van der Waals surface area contributed by atoms with Crippen molar-refractivity contribution >= 4 is 39.1 Å². The van der Waals surface area contributed by atoms with Crippen molar-refractivity contribution in [3.63, 3.8) is 0 Å². The number of rotatable bonds is 4. The van der Waals surface area contributed by atoms with E-state index in [1.54, 1.807) is 17.0 Å². The van der Waals surface area contributed by atoms with Crippen LogP contribution in [-0.2, 0) is 4.79 Å². The van der Waals surface area contributed by atoms with Gasteiger partial charge in [-0.25, -0.2) is 0 Å². The van der Waals surface area contributed by atoms with Gasteiger partial charge in [0.2, 0.25) is 5.91 Å². The van der Waals surface area contributed by atoms with Crippen molar-refractivity contribution in [2.24, 2.45) is 5.92 Å². The minimum Gasteiger partial charge on any atom is -0.492 e. The predicted molar refractivity (Wildman–Crippen MR) is 76.9 cm³/mol. The molecule has 1 unspecified atom stereocenters. The number of benzene rings is 1. The number of carbonyl (C=O) groups is 1. The summed E-state index contributed by atoms with van der Waals surface area (Å²) in [6.07, 6.45) is 0.573. The zero-order valence-electron chi connectivity index (χ0n) is 10.2. The summed E-state index contributed by atoms with van der Waals surface area (Å²) in [5, 5.41) is 1.45. The Hall–Kier alpha value is -0.740. The fraction of sp³-hybridized carbons (Fsp3) is 0.462. The van der Waals surface area contributed by atoms with Gasteiger partial charge in [0.15, 0.2) is 0 Å². The molecule has 1 aliphatic heterocycles. The molecular formula is C13H15BrClNO2. The lowest BCUT2D eigenvalue weighted by molar-refractivity contribution is -0.117. The maximum Gasteiger partial charge on any atom is 0.227 e. The van der Waals surface area contributed by atoms with Crippen molar-refractivity contribution in [1.29, 1.82) is 0 Å². The Labute approximate surface area is 120 Å². The molecule has 0 aliphatic carbocycles. The molecule has 18 heavy (non-hydrogen) atoms. The molecule has 1 aromatic carbocycles. The molecule has 98 valence electrons.